The topological polar surface area (TPSA) is 46.5 Å². The van der Waals surface area contributed by atoms with Crippen LogP contribution in [0.5, 0.6) is 0 Å². The number of hydrogen-bond acceptors (Lipinski definition) is 2. The fraction of sp³-hybridized carbons (Fsp3) is 0.833. The molecule has 1 fully saturated rings. The van der Waals surface area contributed by atoms with E-state index in [1.54, 1.807) is 0 Å². The van der Waals surface area contributed by atoms with Gasteiger partial charge in [-0.15, -0.1) is 0 Å². The van der Waals surface area contributed by atoms with Gasteiger partial charge in [0.2, 0.25) is 0 Å². The maximum Gasteiger partial charge on any atom is 0.264 e. The molecule has 0 spiro atoms. The Kier molecular flexibility index (Phi) is 2.89. The van der Waals surface area contributed by atoms with Crippen molar-refractivity contribution in [3.05, 3.63) is 0 Å². The fourth-order valence-corrected chi connectivity index (χ4v) is 2.33. The number of carbonyl (C=O) groups is 1. The lowest BCUT2D eigenvalue weighted by atomic mass is 10.2. The van der Waals surface area contributed by atoms with E-state index in [0.29, 0.717) is 0 Å². The average molecular weight is 160 g/mol. The first-order valence-corrected chi connectivity index (χ1v) is 5.15. The van der Waals surface area contributed by atoms with Crippen molar-refractivity contribution in [2.24, 2.45) is 0 Å². The number of hydrogen-bond donors (Lipinski definition) is 1. The Bertz CT molecular complexity index is 120. The molecule has 10 heavy (non-hydrogen) atoms. The van der Waals surface area contributed by atoms with E-state index in [9.17, 15) is 4.79 Å². The van der Waals surface area contributed by atoms with Gasteiger partial charge in [-0.2, -0.15) is 0 Å². The molecule has 0 amide bonds. The summed E-state index contributed by atoms with van der Waals surface area (Å²) in [5.41, 5.74) is -0.502. The second-order valence-corrected chi connectivity index (χ2v) is 4.51. The molecule has 4 heteroatoms. The monoisotopic (exact) mass is 160 g/mol. The first kappa shape index (κ1) is 7.75. The number of ether oxygens (including phenoxy) is 1. The lowest BCUT2D eigenvalue weighted by molar-refractivity contribution is 0.0650. The lowest BCUT2D eigenvalue weighted by Gasteiger charge is -2.20. The fourth-order valence-electron chi connectivity index (χ4n) is 1.16. The first-order chi connectivity index (χ1) is 4.79. The molecule has 1 rings (SSSR count). The molecule has 0 bridgehead atoms. The Labute approximate surface area is 62.2 Å². The number of carboxylic acid groups (broad SMARTS) is 1. The van der Waals surface area contributed by atoms with Gasteiger partial charge >= 0.3 is 0 Å². The molecule has 0 radical (unpaired) electrons. The third-order valence-electron chi connectivity index (χ3n) is 1.68. The van der Waals surface area contributed by atoms with Crippen LogP contribution < -0.4 is 0 Å². The molecule has 0 aromatic rings. The minimum Gasteiger partial charge on any atom is -0.486 e. The van der Waals surface area contributed by atoms with E-state index in [4.69, 9.17) is 9.84 Å². The molecule has 0 aromatic carbocycles. The summed E-state index contributed by atoms with van der Waals surface area (Å²) in [4.78, 5) is 10.2. The van der Waals surface area contributed by atoms with Crippen molar-refractivity contribution in [1.82, 2.24) is 0 Å². The van der Waals surface area contributed by atoms with Crippen molar-refractivity contribution in [3.63, 3.8) is 0 Å². The highest BCUT2D eigenvalue weighted by Crippen LogP contribution is 2.11. The molecule has 3 nitrogen and oxygen atoms in total. The standard InChI is InChI=1S/C6H12O3Si/c7-6(8)10-5-3-1-2-4-9-5/h5H,1-4,10H2,(H,7,8). The van der Waals surface area contributed by atoms with Crippen LogP contribution in [0.15, 0.2) is 0 Å². The summed E-state index contributed by atoms with van der Waals surface area (Å²) in [6.07, 6.45) is 3.22. The van der Waals surface area contributed by atoms with Crippen LogP contribution in [0.3, 0.4) is 0 Å². The molecule has 1 atom stereocenters. The van der Waals surface area contributed by atoms with Crippen LogP contribution >= 0.6 is 0 Å². The van der Waals surface area contributed by atoms with Crippen molar-refractivity contribution in [2.75, 3.05) is 6.61 Å². The summed E-state index contributed by atoms with van der Waals surface area (Å²) < 4.78 is 5.27. The van der Waals surface area contributed by atoms with Crippen molar-refractivity contribution in [3.8, 4) is 0 Å². The van der Waals surface area contributed by atoms with Crippen molar-refractivity contribution < 1.29 is 14.6 Å². The maximum atomic E-state index is 10.2. The summed E-state index contributed by atoms with van der Waals surface area (Å²) in [5.74, 6) is 0. The smallest absolute Gasteiger partial charge is 0.264 e. The van der Waals surface area contributed by atoms with Gasteiger partial charge in [-0.3, -0.25) is 4.79 Å². The molecule has 0 saturated carbocycles. The highest BCUT2D eigenvalue weighted by Gasteiger charge is 2.17. The third-order valence-corrected chi connectivity index (χ3v) is 3.12. The van der Waals surface area contributed by atoms with Crippen LogP contribution in [-0.4, -0.2) is 32.6 Å². The zero-order valence-corrected chi connectivity index (χ0v) is 7.29. The van der Waals surface area contributed by atoms with E-state index in [0.717, 1.165) is 25.9 Å². The van der Waals surface area contributed by atoms with Crippen LogP contribution in [0, 0.1) is 0 Å². The highest BCUT2D eigenvalue weighted by molar-refractivity contribution is 6.72. The van der Waals surface area contributed by atoms with Gasteiger partial charge in [0.05, 0.1) is 5.73 Å². The van der Waals surface area contributed by atoms with Gasteiger partial charge in [0.1, 0.15) is 0 Å². The van der Waals surface area contributed by atoms with Crippen LogP contribution in [0.4, 0.5) is 4.79 Å². The molecule has 1 aliphatic rings. The van der Waals surface area contributed by atoms with Gasteiger partial charge in [-0.05, 0) is 19.3 Å². The molecule has 0 aliphatic carbocycles. The highest BCUT2D eigenvalue weighted by atomic mass is 28.2. The minimum absolute atomic E-state index is 0.117. The normalized spacial score (nSPS) is 27.4. The van der Waals surface area contributed by atoms with E-state index >= 15 is 0 Å². The summed E-state index contributed by atoms with van der Waals surface area (Å²) in [7, 11) is -1.01. The Morgan fingerprint density at radius 2 is 2.40 bits per heavy atom. The zero-order chi connectivity index (χ0) is 7.40. The van der Waals surface area contributed by atoms with Crippen LogP contribution in [0.25, 0.3) is 0 Å². The van der Waals surface area contributed by atoms with E-state index < -0.39 is 15.1 Å². The van der Waals surface area contributed by atoms with Gasteiger partial charge in [0.15, 0.2) is 9.52 Å². The van der Waals surface area contributed by atoms with Crippen molar-refractivity contribution >= 4 is 15.1 Å². The second-order valence-electron chi connectivity index (χ2n) is 2.59. The molecule has 1 unspecified atom stereocenters. The average Bonchev–Trinajstić information content (AvgIpc) is 1.88. The van der Waals surface area contributed by atoms with Crippen molar-refractivity contribution in [2.45, 2.75) is 25.0 Å². The minimum atomic E-state index is -1.01. The summed E-state index contributed by atoms with van der Waals surface area (Å²) in [6, 6.07) is 0. The van der Waals surface area contributed by atoms with E-state index in [1.165, 1.54) is 0 Å². The largest absolute Gasteiger partial charge is 0.486 e. The van der Waals surface area contributed by atoms with Gasteiger partial charge < -0.3 is 9.84 Å². The summed E-state index contributed by atoms with van der Waals surface area (Å²) in [5, 5.41) is 8.45. The third kappa shape index (κ3) is 2.49. The predicted molar refractivity (Wildman–Crippen MR) is 40.2 cm³/mol. The molecular formula is C6H12O3Si. The van der Waals surface area contributed by atoms with Crippen LogP contribution in [-0.2, 0) is 4.74 Å². The second kappa shape index (κ2) is 3.73. The van der Waals surface area contributed by atoms with Gasteiger partial charge in [-0.1, -0.05) is 0 Å². The van der Waals surface area contributed by atoms with E-state index in [-0.39, 0.29) is 5.73 Å². The lowest BCUT2D eigenvalue weighted by Crippen LogP contribution is -2.29. The zero-order valence-electron chi connectivity index (χ0n) is 5.88. The Hall–Kier alpha value is -0.353. The summed E-state index contributed by atoms with van der Waals surface area (Å²) in [6.45, 7) is 0.769. The molecule has 0 aromatic heterocycles. The molecular weight excluding hydrogens is 148 g/mol. The SMILES string of the molecule is O=C(O)[SiH2]C1CCCCO1. The van der Waals surface area contributed by atoms with Gasteiger partial charge in [0, 0.05) is 6.61 Å². The predicted octanol–water partition coefficient (Wildman–Crippen LogP) is 0.360. The Morgan fingerprint density at radius 1 is 1.60 bits per heavy atom. The van der Waals surface area contributed by atoms with Crippen LogP contribution in [0.2, 0.25) is 0 Å². The molecule has 1 aliphatic heterocycles. The molecule has 1 heterocycles. The van der Waals surface area contributed by atoms with Crippen LogP contribution in [0.1, 0.15) is 19.3 Å². The maximum absolute atomic E-state index is 10.2. The first-order valence-electron chi connectivity index (χ1n) is 3.62. The quantitative estimate of drug-likeness (QED) is 0.593. The van der Waals surface area contributed by atoms with Gasteiger partial charge in [-0.25, -0.2) is 0 Å². The van der Waals surface area contributed by atoms with E-state index in [2.05, 4.69) is 0 Å². The molecule has 58 valence electrons. The number of rotatable bonds is 2. The van der Waals surface area contributed by atoms with E-state index in [1.807, 2.05) is 0 Å². The molecule has 1 saturated heterocycles. The molecule has 1 N–H and O–H groups in total. The Balaban J connectivity index is 2.19. The Morgan fingerprint density at radius 3 is 2.90 bits per heavy atom. The van der Waals surface area contributed by atoms with Crippen molar-refractivity contribution in [1.29, 1.82) is 0 Å². The van der Waals surface area contributed by atoms with Gasteiger partial charge in [0.25, 0.3) is 5.59 Å². The summed E-state index contributed by atoms with van der Waals surface area (Å²) >= 11 is 0.